The van der Waals surface area contributed by atoms with Crippen molar-refractivity contribution < 1.29 is 14.6 Å². The van der Waals surface area contributed by atoms with Gasteiger partial charge in [-0.2, -0.15) is 5.26 Å². The van der Waals surface area contributed by atoms with Crippen LogP contribution in [0.5, 0.6) is 0 Å². The summed E-state index contributed by atoms with van der Waals surface area (Å²) in [6.45, 7) is 0. The molecule has 0 aromatic heterocycles. The molecule has 0 amide bonds. The zero-order valence-electron chi connectivity index (χ0n) is 8.32. The first-order chi connectivity index (χ1) is 6.66. The van der Waals surface area contributed by atoms with E-state index in [2.05, 4.69) is 6.07 Å². The molecule has 4 nitrogen and oxygen atoms in total. The minimum absolute atomic E-state index is 0.276. The minimum Gasteiger partial charge on any atom is -0.479 e. The molecule has 0 aliphatic heterocycles. The second kappa shape index (κ2) is 4.43. The van der Waals surface area contributed by atoms with Crippen molar-refractivity contribution in [3.8, 4) is 6.07 Å². The number of hydrogen-bond acceptors (Lipinski definition) is 3. The summed E-state index contributed by atoms with van der Waals surface area (Å²) < 4.78 is 5.00. The lowest BCUT2D eigenvalue weighted by Crippen LogP contribution is -2.40. The molecule has 1 aliphatic rings. The Morgan fingerprint density at radius 3 is 2.57 bits per heavy atom. The van der Waals surface area contributed by atoms with E-state index in [-0.39, 0.29) is 6.42 Å². The first kappa shape index (κ1) is 11.0. The molecular weight excluding hydrogens is 182 g/mol. The average molecular weight is 197 g/mol. The fraction of sp³-hybridized carbons (Fsp3) is 0.800. The maximum atomic E-state index is 11.0. The van der Waals surface area contributed by atoms with Gasteiger partial charge in [-0.1, -0.05) is 12.8 Å². The number of rotatable bonds is 4. The summed E-state index contributed by atoms with van der Waals surface area (Å²) in [7, 11) is 1.40. The summed E-state index contributed by atoms with van der Waals surface area (Å²) in [5.74, 6) is -0.954. The fourth-order valence-electron chi connectivity index (χ4n) is 2.38. The standard InChI is InChI=1S/C10H15NO3/c1-14-8(9(12)13)10(6-7-11)4-2-3-5-10/h8H,2-6H2,1H3,(H,12,13). The number of carboxylic acids is 1. The molecule has 4 heteroatoms. The SMILES string of the molecule is COC(C(=O)O)C1(CC#N)CCCC1. The number of ether oxygens (including phenoxy) is 1. The van der Waals surface area contributed by atoms with Gasteiger partial charge in [-0.05, 0) is 12.8 Å². The third kappa shape index (κ3) is 1.88. The van der Waals surface area contributed by atoms with Gasteiger partial charge >= 0.3 is 5.97 Å². The van der Waals surface area contributed by atoms with Crippen LogP contribution in [0.1, 0.15) is 32.1 Å². The highest BCUT2D eigenvalue weighted by Gasteiger charge is 2.45. The van der Waals surface area contributed by atoms with Crippen molar-refractivity contribution >= 4 is 5.97 Å². The topological polar surface area (TPSA) is 70.3 Å². The van der Waals surface area contributed by atoms with Gasteiger partial charge in [0, 0.05) is 18.9 Å². The van der Waals surface area contributed by atoms with E-state index in [1.165, 1.54) is 7.11 Å². The van der Waals surface area contributed by atoms with Gasteiger partial charge in [0.1, 0.15) is 0 Å². The second-order valence-electron chi connectivity index (χ2n) is 3.86. The Hall–Kier alpha value is -1.08. The molecule has 1 unspecified atom stereocenters. The minimum atomic E-state index is -0.954. The third-order valence-electron chi connectivity index (χ3n) is 3.05. The van der Waals surface area contributed by atoms with Crippen molar-refractivity contribution in [2.75, 3.05) is 7.11 Å². The summed E-state index contributed by atoms with van der Waals surface area (Å²) in [4.78, 5) is 11.0. The van der Waals surface area contributed by atoms with Crippen LogP contribution < -0.4 is 0 Å². The van der Waals surface area contributed by atoms with Crippen LogP contribution >= 0.6 is 0 Å². The van der Waals surface area contributed by atoms with Gasteiger partial charge in [-0.25, -0.2) is 4.79 Å². The fourth-order valence-corrected chi connectivity index (χ4v) is 2.38. The van der Waals surface area contributed by atoms with E-state index in [0.29, 0.717) is 0 Å². The summed E-state index contributed by atoms with van der Waals surface area (Å²) in [5.41, 5.74) is -0.449. The molecule has 1 fully saturated rings. The Labute approximate surface area is 83.5 Å². The van der Waals surface area contributed by atoms with E-state index in [4.69, 9.17) is 15.1 Å². The average Bonchev–Trinajstić information content (AvgIpc) is 2.55. The maximum absolute atomic E-state index is 11.0. The molecule has 1 atom stereocenters. The highest BCUT2D eigenvalue weighted by molar-refractivity contribution is 5.73. The van der Waals surface area contributed by atoms with Crippen LogP contribution in [0.15, 0.2) is 0 Å². The van der Waals surface area contributed by atoms with E-state index >= 15 is 0 Å². The smallest absolute Gasteiger partial charge is 0.333 e. The lowest BCUT2D eigenvalue weighted by Gasteiger charge is -2.31. The molecule has 78 valence electrons. The normalized spacial score (nSPS) is 21.4. The van der Waals surface area contributed by atoms with Crippen molar-refractivity contribution in [2.45, 2.75) is 38.2 Å². The largest absolute Gasteiger partial charge is 0.479 e. The van der Waals surface area contributed by atoms with Crippen LogP contribution in [-0.4, -0.2) is 24.3 Å². The number of nitriles is 1. The summed E-state index contributed by atoms with van der Waals surface area (Å²) in [6.07, 6.45) is 3.00. The number of hydrogen-bond donors (Lipinski definition) is 1. The Morgan fingerprint density at radius 1 is 1.64 bits per heavy atom. The Morgan fingerprint density at radius 2 is 2.21 bits per heavy atom. The number of nitrogens with zero attached hydrogens (tertiary/aromatic N) is 1. The molecule has 0 aromatic carbocycles. The molecule has 0 radical (unpaired) electrons. The van der Waals surface area contributed by atoms with Crippen molar-refractivity contribution in [1.29, 1.82) is 5.26 Å². The monoisotopic (exact) mass is 197 g/mol. The molecule has 1 aliphatic carbocycles. The zero-order chi connectivity index (χ0) is 10.6. The summed E-state index contributed by atoms with van der Waals surface area (Å²) >= 11 is 0. The Balaban J connectivity index is 2.85. The van der Waals surface area contributed by atoms with Crippen LogP contribution in [0.25, 0.3) is 0 Å². The van der Waals surface area contributed by atoms with E-state index in [1.54, 1.807) is 0 Å². The predicted molar refractivity (Wildman–Crippen MR) is 49.6 cm³/mol. The summed E-state index contributed by atoms with van der Waals surface area (Å²) in [6, 6.07) is 2.08. The molecular formula is C10H15NO3. The van der Waals surface area contributed by atoms with Crippen LogP contribution in [0.4, 0.5) is 0 Å². The number of methoxy groups -OCH3 is 1. The molecule has 0 saturated heterocycles. The van der Waals surface area contributed by atoms with Crippen LogP contribution in [0.3, 0.4) is 0 Å². The first-order valence-corrected chi connectivity index (χ1v) is 4.79. The van der Waals surface area contributed by atoms with Gasteiger partial charge in [0.15, 0.2) is 6.10 Å². The first-order valence-electron chi connectivity index (χ1n) is 4.79. The van der Waals surface area contributed by atoms with E-state index in [0.717, 1.165) is 25.7 Å². The van der Waals surface area contributed by atoms with E-state index in [1.807, 2.05) is 0 Å². The van der Waals surface area contributed by atoms with Gasteiger partial charge in [0.2, 0.25) is 0 Å². The van der Waals surface area contributed by atoms with Crippen molar-refractivity contribution in [2.24, 2.45) is 5.41 Å². The lowest BCUT2D eigenvalue weighted by atomic mass is 9.77. The van der Waals surface area contributed by atoms with Crippen LogP contribution in [0, 0.1) is 16.7 Å². The van der Waals surface area contributed by atoms with Crippen molar-refractivity contribution in [1.82, 2.24) is 0 Å². The maximum Gasteiger partial charge on any atom is 0.333 e. The third-order valence-corrected chi connectivity index (χ3v) is 3.05. The number of carboxylic acid groups (broad SMARTS) is 1. The molecule has 0 spiro atoms. The van der Waals surface area contributed by atoms with E-state index < -0.39 is 17.5 Å². The van der Waals surface area contributed by atoms with Crippen molar-refractivity contribution in [3.05, 3.63) is 0 Å². The molecule has 0 aromatic rings. The molecule has 1 rings (SSSR count). The zero-order valence-corrected chi connectivity index (χ0v) is 8.32. The van der Waals surface area contributed by atoms with Gasteiger partial charge in [0.05, 0.1) is 6.07 Å². The quantitative estimate of drug-likeness (QED) is 0.742. The Bertz CT molecular complexity index is 251. The predicted octanol–water partition coefficient (Wildman–Crippen LogP) is 1.56. The van der Waals surface area contributed by atoms with Crippen LogP contribution in [-0.2, 0) is 9.53 Å². The van der Waals surface area contributed by atoms with Crippen LogP contribution in [0.2, 0.25) is 0 Å². The van der Waals surface area contributed by atoms with Crippen molar-refractivity contribution in [3.63, 3.8) is 0 Å². The highest BCUT2D eigenvalue weighted by Crippen LogP contribution is 2.44. The van der Waals surface area contributed by atoms with Gasteiger partial charge < -0.3 is 9.84 Å². The summed E-state index contributed by atoms with van der Waals surface area (Å²) in [5, 5.41) is 17.7. The molecule has 1 saturated carbocycles. The molecule has 1 N–H and O–H groups in total. The lowest BCUT2D eigenvalue weighted by molar-refractivity contribution is -0.157. The van der Waals surface area contributed by atoms with Gasteiger partial charge in [-0.15, -0.1) is 0 Å². The number of carbonyl (C=O) groups is 1. The second-order valence-corrected chi connectivity index (χ2v) is 3.86. The van der Waals surface area contributed by atoms with E-state index in [9.17, 15) is 4.79 Å². The molecule has 14 heavy (non-hydrogen) atoms. The Kier molecular flexibility index (Phi) is 3.48. The van der Waals surface area contributed by atoms with Gasteiger partial charge in [-0.3, -0.25) is 0 Å². The van der Waals surface area contributed by atoms with Gasteiger partial charge in [0.25, 0.3) is 0 Å². The number of aliphatic carboxylic acids is 1. The molecule has 0 bridgehead atoms. The molecule has 0 heterocycles. The highest BCUT2D eigenvalue weighted by atomic mass is 16.5.